The molecule has 0 saturated carbocycles. The molecule has 2 aromatic carbocycles. The van der Waals surface area contributed by atoms with Gasteiger partial charge in [0.05, 0.1) is 13.0 Å². The third kappa shape index (κ3) is 3.99. The molecule has 0 bridgehead atoms. The molecule has 0 aliphatic rings. The lowest BCUT2D eigenvalue weighted by Crippen LogP contribution is -2.41. The van der Waals surface area contributed by atoms with Crippen LogP contribution in [0.25, 0.3) is 10.8 Å². The van der Waals surface area contributed by atoms with Crippen LogP contribution in [0.2, 0.25) is 0 Å². The molecule has 3 nitrogen and oxygen atoms in total. The van der Waals surface area contributed by atoms with Gasteiger partial charge in [-0.05, 0) is 29.5 Å². The molecule has 0 aliphatic heterocycles. The molecule has 0 aromatic heterocycles. The number of fused-ring (bicyclic) bond motifs is 1. The summed E-state index contributed by atoms with van der Waals surface area (Å²) in [5, 5.41) is 14.5. The number of hydrogen-bond donors (Lipinski definition) is 2. The number of thioether (sulfide) groups is 1. The highest BCUT2D eigenvalue weighted by atomic mass is 32.2. The van der Waals surface area contributed by atoms with E-state index in [1.54, 1.807) is 11.8 Å². The van der Waals surface area contributed by atoms with Gasteiger partial charge >= 0.3 is 0 Å². The molecule has 2 aromatic rings. The first kappa shape index (κ1) is 15.9. The average molecular weight is 303 g/mol. The van der Waals surface area contributed by atoms with Crippen LogP contribution in [-0.2, 0) is 11.2 Å². The average Bonchev–Trinajstić information content (AvgIpc) is 2.48. The quantitative estimate of drug-likeness (QED) is 0.862. The molecule has 2 N–H and O–H groups in total. The lowest BCUT2D eigenvalue weighted by atomic mass is 10.0. The Morgan fingerprint density at radius 1 is 1.24 bits per heavy atom. The van der Waals surface area contributed by atoms with E-state index in [4.69, 9.17) is 0 Å². The Morgan fingerprint density at radius 3 is 2.67 bits per heavy atom. The first-order valence-electron chi connectivity index (χ1n) is 7.05. The highest BCUT2D eigenvalue weighted by Gasteiger charge is 2.17. The second kappa shape index (κ2) is 7.48. The van der Waals surface area contributed by atoms with Gasteiger partial charge in [0.2, 0.25) is 5.91 Å². The highest BCUT2D eigenvalue weighted by Crippen LogP contribution is 2.19. The van der Waals surface area contributed by atoms with Crippen molar-refractivity contribution in [3.8, 4) is 0 Å². The highest BCUT2D eigenvalue weighted by molar-refractivity contribution is 7.99. The monoisotopic (exact) mass is 303 g/mol. The maximum Gasteiger partial charge on any atom is 0.224 e. The van der Waals surface area contributed by atoms with E-state index >= 15 is 0 Å². The largest absolute Gasteiger partial charge is 0.395 e. The molecule has 0 radical (unpaired) electrons. The van der Waals surface area contributed by atoms with Crippen molar-refractivity contribution in [1.82, 2.24) is 5.32 Å². The van der Waals surface area contributed by atoms with Crippen LogP contribution in [0.3, 0.4) is 0 Å². The topological polar surface area (TPSA) is 49.3 Å². The second-order valence-corrected chi connectivity index (χ2v) is 6.20. The molecule has 0 aliphatic carbocycles. The summed E-state index contributed by atoms with van der Waals surface area (Å²) >= 11 is 1.56. The third-order valence-corrected chi connectivity index (χ3v) is 4.82. The van der Waals surface area contributed by atoms with Crippen molar-refractivity contribution >= 4 is 28.4 Å². The summed E-state index contributed by atoms with van der Waals surface area (Å²) in [6.07, 6.45) is 2.30. The number of nitrogens with one attached hydrogen (secondary N) is 1. The van der Waals surface area contributed by atoms with E-state index < -0.39 is 0 Å². The van der Waals surface area contributed by atoms with Gasteiger partial charge in [0, 0.05) is 11.3 Å². The van der Waals surface area contributed by atoms with Gasteiger partial charge in [-0.1, -0.05) is 42.5 Å². The number of carbonyl (C=O) groups excluding carboxylic acids is 1. The molecule has 21 heavy (non-hydrogen) atoms. The van der Waals surface area contributed by atoms with Crippen molar-refractivity contribution in [3.05, 3.63) is 48.0 Å². The zero-order valence-corrected chi connectivity index (χ0v) is 13.2. The van der Waals surface area contributed by atoms with Gasteiger partial charge in [0.25, 0.3) is 0 Å². The third-order valence-electron chi connectivity index (χ3n) is 3.66. The van der Waals surface area contributed by atoms with Crippen LogP contribution < -0.4 is 5.32 Å². The summed E-state index contributed by atoms with van der Waals surface area (Å²) in [5.41, 5.74) is 1.03. The molecule has 1 amide bonds. The Bertz CT molecular complexity index is 605. The van der Waals surface area contributed by atoms with Gasteiger partial charge in [0.15, 0.2) is 0 Å². The molecule has 0 spiro atoms. The maximum absolute atomic E-state index is 12.2. The Kier molecular flexibility index (Phi) is 5.65. The molecular formula is C17H21NO2S. The molecule has 0 saturated heterocycles. The SMILES string of the molecule is CSC(CO)C(C)NC(=O)Cc1cccc2ccccc12. The summed E-state index contributed by atoms with van der Waals surface area (Å²) < 4.78 is 0. The van der Waals surface area contributed by atoms with Crippen molar-refractivity contribution in [2.45, 2.75) is 24.6 Å². The minimum atomic E-state index is -0.0486. The van der Waals surface area contributed by atoms with Crippen LogP contribution in [0, 0.1) is 0 Å². The first-order chi connectivity index (χ1) is 10.2. The number of aliphatic hydroxyl groups excluding tert-OH is 1. The summed E-state index contributed by atoms with van der Waals surface area (Å²) in [7, 11) is 0. The number of benzene rings is 2. The predicted octanol–water partition coefficient (Wildman–Crippen LogP) is 2.61. The van der Waals surface area contributed by atoms with Crippen molar-refractivity contribution in [1.29, 1.82) is 0 Å². The Hall–Kier alpha value is -1.52. The second-order valence-electron chi connectivity index (χ2n) is 5.13. The Balaban J connectivity index is 2.08. The van der Waals surface area contributed by atoms with Crippen LogP contribution >= 0.6 is 11.8 Å². The summed E-state index contributed by atoms with van der Waals surface area (Å²) in [6, 6.07) is 14.1. The van der Waals surface area contributed by atoms with E-state index in [0.717, 1.165) is 16.3 Å². The summed E-state index contributed by atoms with van der Waals surface area (Å²) in [5.74, 6) is -0.00801. The molecular weight excluding hydrogens is 282 g/mol. The maximum atomic E-state index is 12.2. The fraction of sp³-hybridized carbons (Fsp3) is 0.353. The smallest absolute Gasteiger partial charge is 0.224 e. The normalized spacial score (nSPS) is 13.9. The zero-order valence-electron chi connectivity index (χ0n) is 12.4. The van der Waals surface area contributed by atoms with E-state index in [1.807, 2.05) is 43.5 Å². The van der Waals surface area contributed by atoms with Crippen LogP contribution in [-0.4, -0.2) is 35.2 Å². The molecule has 2 unspecified atom stereocenters. The van der Waals surface area contributed by atoms with Crippen LogP contribution in [0.4, 0.5) is 0 Å². The minimum absolute atomic E-state index is 0.00801. The molecule has 4 heteroatoms. The van der Waals surface area contributed by atoms with E-state index in [-0.39, 0.29) is 23.8 Å². The molecule has 112 valence electrons. The fourth-order valence-electron chi connectivity index (χ4n) is 2.45. The number of aliphatic hydroxyl groups is 1. The van der Waals surface area contributed by atoms with Crippen molar-refractivity contribution in [2.24, 2.45) is 0 Å². The zero-order chi connectivity index (χ0) is 15.2. The van der Waals surface area contributed by atoms with E-state index in [1.165, 1.54) is 0 Å². The van der Waals surface area contributed by atoms with E-state index in [0.29, 0.717) is 6.42 Å². The van der Waals surface area contributed by atoms with Gasteiger partial charge < -0.3 is 10.4 Å². The number of carbonyl (C=O) groups is 1. The van der Waals surface area contributed by atoms with Crippen LogP contribution in [0.1, 0.15) is 12.5 Å². The van der Waals surface area contributed by atoms with Gasteiger partial charge in [-0.2, -0.15) is 11.8 Å². The van der Waals surface area contributed by atoms with E-state index in [9.17, 15) is 9.90 Å². The van der Waals surface area contributed by atoms with Gasteiger partial charge in [-0.15, -0.1) is 0 Å². The van der Waals surface area contributed by atoms with Crippen molar-refractivity contribution < 1.29 is 9.90 Å². The first-order valence-corrected chi connectivity index (χ1v) is 8.34. The van der Waals surface area contributed by atoms with Gasteiger partial charge in [0.1, 0.15) is 0 Å². The standard InChI is InChI=1S/C17H21NO2S/c1-12(16(11-19)21-2)18-17(20)10-14-8-5-7-13-6-3-4-9-15(13)14/h3-9,12,16,19H,10-11H2,1-2H3,(H,18,20). The Labute approximate surface area is 129 Å². The number of rotatable bonds is 6. The van der Waals surface area contributed by atoms with Gasteiger partial charge in [-0.25, -0.2) is 0 Å². The predicted molar refractivity (Wildman–Crippen MR) is 89.6 cm³/mol. The number of amides is 1. The van der Waals surface area contributed by atoms with Crippen LogP contribution in [0.15, 0.2) is 42.5 Å². The minimum Gasteiger partial charge on any atom is -0.395 e. The van der Waals surface area contributed by atoms with Crippen molar-refractivity contribution in [2.75, 3.05) is 12.9 Å². The fourth-order valence-corrected chi connectivity index (χ4v) is 3.08. The van der Waals surface area contributed by atoms with E-state index in [2.05, 4.69) is 17.4 Å². The molecule has 0 fully saturated rings. The molecule has 2 atom stereocenters. The van der Waals surface area contributed by atoms with Gasteiger partial charge in [-0.3, -0.25) is 4.79 Å². The Morgan fingerprint density at radius 2 is 1.95 bits per heavy atom. The number of hydrogen-bond acceptors (Lipinski definition) is 3. The summed E-state index contributed by atoms with van der Waals surface area (Å²) in [4.78, 5) is 12.2. The molecule has 0 heterocycles. The lowest BCUT2D eigenvalue weighted by molar-refractivity contribution is -0.121. The summed E-state index contributed by atoms with van der Waals surface area (Å²) in [6.45, 7) is 2.00. The lowest BCUT2D eigenvalue weighted by Gasteiger charge is -2.21. The molecule has 2 rings (SSSR count). The van der Waals surface area contributed by atoms with Crippen molar-refractivity contribution in [3.63, 3.8) is 0 Å². The van der Waals surface area contributed by atoms with Crippen LogP contribution in [0.5, 0.6) is 0 Å².